The topological polar surface area (TPSA) is 111 Å². The fraction of sp³-hybridized carbons (Fsp3) is 0.407. The second-order valence-corrected chi connectivity index (χ2v) is 11.3. The molecule has 2 aromatic carbocycles. The highest BCUT2D eigenvalue weighted by Crippen LogP contribution is 2.38. The highest BCUT2D eigenvalue weighted by atomic mass is 32.2. The molecule has 2 fully saturated rings. The van der Waals surface area contributed by atoms with Gasteiger partial charge in [0.15, 0.2) is 22.2 Å². The van der Waals surface area contributed by atoms with Gasteiger partial charge in [0, 0.05) is 24.6 Å². The van der Waals surface area contributed by atoms with Crippen LogP contribution in [0, 0.1) is 13.8 Å². The van der Waals surface area contributed by atoms with Gasteiger partial charge in [-0.1, -0.05) is 17.3 Å². The average molecular weight is 526 g/mol. The minimum atomic E-state index is -3.90. The number of carbonyl (C=O) groups excluding carboxylic acids is 1. The number of ether oxygens (including phenoxy) is 2. The number of nitrogens with one attached hydrogen (secondary N) is 1. The summed E-state index contributed by atoms with van der Waals surface area (Å²) in [6.45, 7) is 3.61. The number of hydrogen-bond acceptors (Lipinski definition) is 7. The molecule has 1 aliphatic carbocycles. The monoisotopic (exact) mass is 525 g/mol. The van der Waals surface area contributed by atoms with E-state index in [0.717, 1.165) is 18.4 Å². The first-order valence-electron chi connectivity index (χ1n) is 12.5. The predicted octanol–water partition coefficient (Wildman–Crippen LogP) is 4.94. The van der Waals surface area contributed by atoms with Gasteiger partial charge >= 0.3 is 0 Å². The van der Waals surface area contributed by atoms with Crippen LogP contribution in [0.2, 0.25) is 0 Å². The minimum Gasteiger partial charge on any atom is -0.493 e. The van der Waals surface area contributed by atoms with Crippen molar-refractivity contribution in [3.8, 4) is 11.5 Å². The van der Waals surface area contributed by atoms with E-state index in [1.807, 2.05) is 18.2 Å². The largest absolute Gasteiger partial charge is 0.493 e. The van der Waals surface area contributed by atoms with Crippen LogP contribution in [0.1, 0.15) is 55.0 Å². The van der Waals surface area contributed by atoms with Crippen LogP contribution in [-0.2, 0) is 14.8 Å². The molecule has 1 amide bonds. The lowest BCUT2D eigenvalue weighted by atomic mass is 9.98. The van der Waals surface area contributed by atoms with Gasteiger partial charge in [-0.25, -0.2) is 8.42 Å². The second kappa shape index (κ2) is 10.1. The molecule has 2 aliphatic rings. The van der Waals surface area contributed by atoms with Crippen LogP contribution in [0.5, 0.6) is 11.5 Å². The van der Waals surface area contributed by atoms with E-state index in [1.54, 1.807) is 50.1 Å². The molecule has 0 spiro atoms. The number of nitrogens with zero attached hydrogens (tertiary/aromatic N) is 2. The summed E-state index contributed by atoms with van der Waals surface area (Å²) in [4.78, 5) is 14.7. The lowest BCUT2D eigenvalue weighted by Gasteiger charge is -2.20. The van der Waals surface area contributed by atoms with E-state index in [1.165, 1.54) is 12.8 Å². The number of methoxy groups -OCH3 is 1. The van der Waals surface area contributed by atoms with Crippen molar-refractivity contribution in [1.29, 1.82) is 0 Å². The molecule has 1 saturated carbocycles. The van der Waals surface area contributed by atoms with Crippen LogP contribution in [0.3, 0.4) is 0 Å². The molecule has 1 aliphatic heterocycles. The van der Waals surface area contributed by atoms with Crippen molar-refractivity contribution < 1.29 is 27.2 Å². The first-order chi connectivity index (χ1) is 17.7. The molecule has 1 saturated heterocycles. The number of rotatable bonds is 8. The first kappa shape index (κ1) is 25.1. The molecule has 37 heavy (non-hydrogen) atoms. The van der Waals surface area contributed by atoms with Crippen LogP contribution < -0.4 is 19.1 Å². The summed E-state index contributed by atoms with van der Waals surface area (Å²) in [5, 5.41) is 3.73. The van der Waals surface area contributed by atoms with Crippen molar-refractivity contribution in [3.63, 3.8) is 0 Å². The number of carbonyl (C=O) groups is 1. The zero-order chi connectivity index (χ0) is 26.2. The Morgan fingerprint density at radius 3 is 2.57 bits per heavy atom. The Morgan fingerprint density at radius 1 is 1.08 bits per heavy atom. The smallest absolute Gasteiger partial charge is 0.267 e. The van der Waals surface area contributed by atoms with Gasteiger partial charge in [0.25, 0.3) is 10.0 Å². The summed E-state index contributed by atoms with van der Waals surface area (Å²) in [5.41, 5.74) is 2.28. The maximum Gasteiger partial charge on any atom is 0.267 e. The van der Waals surface area contributed by atoms with Crippen LogP contribution in [0.25, 0.3) is 0 Å². The number of amides is 1. The molecule has 2 heterocycles. The molecule has 1 N–H and O–H groups in total. The number of benzene rings is 2. The normalized spacial score (nSPS) is 18.4. The lowest BCUT2D eigenvalue weighted by molar-refractivity contribution is -0.117. The number of sulfonamides is 1. The molecule has 1 unspecified atom stereocenters. The number of hydrogen-bond donors (Lipinski definition) is 1. The summed E-state index contributed by atoms with van der Waals surface area (Å²) < 4.78 is 45.2. The highest BCUT2D eigenvalue weighted by Gasteiger charge is 2.33. The molecule has 9 nitrogen and oxygen atoms in total. The Labute approximate surface area is 216 Å². The molecule has 5 rings (SSSR count). The third-order valence-electron chi connectivity index (χ3n) is 7.03. The Balaban J connectivity index is 1.34. The van der Waals surface area contributed by atoms with Gasteiger partial charge in [0.2, 0.25) is 5.91 Å². The third kappa shape index (κ3) is 5.16. The molecule has 0 radical (unpaired) electrons. The van der Waals surface area contributed by atoms with Gasteiger partial charge in [-0.2, -0.15) is 0 Å². The summed E-state index contributed by atoms with van der Waals surface area (Å²) in [7, 11) is -2.27. The number of anilines is 2. The molecular weight excluding hydrogens is 494 g/mol. The van der Waals surface area contributed by atoms with E-state index in [-0.39, 0.29) is 34.3 Å². The fourth-order valence-electron chi connectivity index (χ4n) is 5.21. The van der Waals surface area contributed by atoms with Crippen molar-refractivity contribution in [3.05, 3.63) is 59.5 Å². The van der Waals surface area contributed by atoms with Crippen LogP contribution in [0.4, 0.5) is 11.4 Å². The molecule has 196 valence electrons. The summed E-state index contributed by atoms with van der Waals surface area (Å²) in [5.74, 6) is 1.58. The molecule has 1 aromatic heterocycles. The summed E-state index contributed by atoms with van der Waals surface area (Å²) in [6.07, 6.45) is 4.98. The Morgan fingerprint density at radius 2 is 1.86 bits per heavy atom. The second-order valence-electron chi connectivity index (χ2n) is 9.65. The van der Waals surface area contributed by atoms with E-state index in [2.05, 4.69) is 9.88 Å². The van der Waals surface area contributed by atoms with Gasteiger partial charge < -0.3 is 18.9 Å². The fourth-order valence-corrected chi connectivity index (χ4v) is 6.59. The average Bonchev–Trinajstić information content (AvgIpc) is 3.59. The Hall–Kier alpha value is -3.53. The van der Waals surface area contributed by atoms with E-state index in [9.17, 15) is 13.2 Å². The summed E-state index contributed by atoms with van der Waals surface area (Å²) >= 11 is 0. The van der Waals surface area contributed by atoms with E-state index in [0.29, 0.717) is 35.8 Å². The van der Waals surface area contributed by atoms with E-state index < -0.39 is 10.0 Å². The van der Waals surface area contributed by atoms with Crippen molar-refractivity contribution in [2.75, 3.05) is 23.3 Å². The first-order valence-corrected chi connectivity index (χ1v) is 13.9. The SMILES string of the molecule is COc1ccc(C2CC(=O)N(c3cccc(NS(=O)(=O)c4c(C)noc4C)c3)C2)cc1OC1CCCC1. The quantitative estimate of drug-likeness (QED) is 0.443. The van der Waals surface area contributed by atoms with Gasteiger partial charge in [0.1, 0.15) is 5.69 Å². The van der Waals surface area contributed by atoms with Crippen LogP contribution >= 0.6 is 0 Å². The Kier molecular flexibility index (Phi) is 6.85. The molecular formula is C27H31N3O6S. The molecule has 0 bridgehead atoms. The van der Waals surface area contributed by atoms with Gasteiger partial charge in [-0.15, -0.1) is 0 Å². The molecule has 10 heteroatoms. The minimum absolute atomic E-state index is 0.0188. The maximum absolute atomic E-state index is 13.0. The number of aromatic nitrogens is 1. The third-order valence-corrected chi connectivity index (χ3v) is 8.65. The summed E-state index contributed by atoms with van der Waals surface area (Å²) in [6, 6.07) is 12.7. The zero-order valence-electron chi connectivity index (χ0n) is 21.2. The van der Waals surface area contributed by atoms with Crippen LogP contribution in [-0.4, -0.2) is 39.2 Å². The van der Waals surface area contributed by atoms with Gasteiger partial charge in [0.05, 0.1) is 18.9 Å². The van der Waals surface area contributed by atoms with Gasteiger partial charge in [-0.05, 0) is 75.4 Å². The molecule has 3 aromatic rings. The van der Waals surface area contributed by atoms with Crippen molar-refractivity contribution in [2.45, 2.75) is 62.9 Å². The molecule has 1 atom stereocenters. The number of aryl methyl sites for hydroxylation is 2. The standard InChI is InChI=1S/C27H31N3O6S/c1-17-27(18(2)36-28-17)37(32,33)29-21-7-6-8-22(15-21)30-16-20(14-26(30)31)19-11-12-24(34-3)25(13-19)35-23-9-4-5-10-23/h6-8,11-13,15,20,23,29H,4-5,9-10,14,16H2,1-3H3. The highest BCUT2D eigenvalue weighted by molar-refractivity contribution is 7.92. The van der Waals surface area contributed by atoms with Crippen LogP contribution in [0.15, 0.2) is 51.9 Å². The van der Waals surface area contributed by atoms with Crippen molar-refractivity contribution >= 4 is 27.3 Å². The predicted molar refractivity (Wildman–Crippen MR) is 139 cm³/mol. The maximum atomic E-state index is 13.0. The zero-order valence-corrected chi connectivity index (χ0v) is 22.0. The lowest BCUT2D eigenvalue weighted by Crippen LogP contribution is -2.24. The van der Waals surface area contributed by atoms with Crippen molar-refractivity contribution in [2.24, 2.45) is 0 Å². The van der Waals surface area contributed by atoms with Gasteiger partial charge in [-0.3, -0.25) is 9.52 Å². The van der Waals surface area contributed by atoms with E-state index in [4.69, 9.17) is 14.0 Å². The van der Waals surface area contributed by atoms with E-state index >= 15 is 0 Å². The van der Waals surface area contributed by atoms with Crippen molar-refractivity contribution in [1.82, 2.24) is 5.16 Å². The Bertz CT molecular complexity index is 1390.